The molecule has 60 valence electrons. The van der Waals surface area contributed by atoms with Gasteiger partial charge in [0.05, 0.1) is 0 Å². The van der Waals surface area contributed by atoms with Gasteiger partial charge >= 0.3 is 51.4 Å². The van der Waals surface area contributed by atoms with E-state index in [9.17, 15) is 8.76 Å². The van der Waals surface area contributed by atoms with Crippen molar-refractivity contribution in [3.8, 4) is 0 Å². The largest absolute Gasteiger partial charge is 1.00 e. The van der Waals surface area contributed by atoms with E-state index < -0.39 is 8.77 Å². The van der Waals surface area contributed by atoms with Crippen molar-refractivity contribution >= 4 is 20.0 Å². The van der Waals surface area contributed by atoms with Gasteiger partial charge in [-0.1, -0.05) is 18.2 Å². The van der Waals surface area contributed by atoms with Gasteiger partial charge in [0.15, 0.2) is 0 Å². The third-order valence-corrected chi connectivity index (χ3v) is 2.90. The Hall–Kier alpha value is 1.19. The van der Waals surface area contributed by atoms with Crippen LogP contribution >= 0.6 is 0 Å². The third-order valence-electron chi connectivity index (χ3n) is 1.36. The molecule has 2 nitrogen and oxygen atoms in total. The molecule has 0 heterocycles. The second kappa shape index (κ2) is 5.16. The minimum Gasteiger partial charge on any atom is -0.766 e. The first-order valence-corrected chi connectivity index (χ1v) is 5.44. The van der Waals surface area contributed by atoms with E-state index >= 15 is 0 Å². The maximum absolute atomic E-state index is 10.9. The van der Waals surface area contributed by atoms with E-state index in [0.29, 0.717) is 5.56 Å². The van der Waals surface area contributed by atoms with Gasteiger partial charge in [-0.25, -0.2) is 0 Å². The first-order chi connectivity index (χ1) is 5.02. The molecular formula is C7H7KO2S2. The van der Waals surface area contributed by atoms with Crippen molar-refractivity contribution < 1.29 is 60.1 Å². The Kier molecular flexibility index (Phi) is 5.67. The van der Waals surface area contributed by atoms with E-state index in [4.69, 9.17) is 0 Å². The molecular weight excluding hydrogens is 219 g/mol. The van der Waals surface area contributed by atoms with E-state index in [1.54, 1.807) is 25.1 Å². The van der Waals surface area contributed by atoms with Crippen LogP contribution < -0.4 is 51.4 Å². The monoisotopic (exact) mass is 226 g/mol. The van der Waals surface area contributed by atoms with Crippen LogP contribution in [-0.4, -0.2) is 8.76 Å². The fraction of sp³-hybridized carbons (Fsp3) is 0.143. The van der Waals surface area contributed by atoms with Gasteiger partial charge in [-0.2, -0.15) is 0 Å². The minimum absolute atomic E-state index is 0. The molecule has 0 spiro atoms. The molecule has 0 radical (unpaired) electrons. The standard InChI is InChI=1S/C7H8O2S2.K/c1-6-4-2-3-5-7(6)11(8,9)10;/h2-5H,1H3,(H,8,9,10);/q;+1/p-1. The van der Waals surface area contributed by atoms with Crippen LogP contribution in [0.3, 0.4) is 0 Å². The normalized spacial score (nSPS) is 14.5. The van der Waals surface area contributed by atoms with Crippen molar-refractivity contribution in [2.75, 3.05) is 0 Å². The van der Waals surface area contributed by atoms with Crippen molar-refractivity contribution in [3.63, 3.8) is 0 Å². The van der Waals surface area contributed by atoms with Gasteiger partial charge in [-0.3, -0.25) is 4.21 Å². The second-order valence-electron chi connectivity index (χ2n) is 2.22. The fourth-order valence-electron chi connectivity index (χ4n) is 0.837. The summed E-state index contributed by atoms with van der Waals surface area (Å²) in [5.74, 6) is 0. The zero-order valence-electron chi connectivity index (χ0n) is 6.94. The molecule has 0 aliphatic carbocycles. The maximum atomic E-state index is 10.9. The summed E-state index contributed by atoms with van der Waals surface area (Å²) in [5.41, 5.74) is 0.697. The van der Waals surface area contributed by atoms with Gasteiger partial charge in [0.1, 0.15) is 0 Å². The van der Waals surface area contributed by atoms with Gasteiger partial charge in [-0.05, 0) is 38.5 Å². The molecule has 1 rings (SSSR count). The molecule has 1 aromatic carbocycles. The number of hydrogen-bond donors (Lipinski definition) is 0. The first kappa shape index (κ1) is 13.2. The molecule has 0 amide bonds. The summed E-state index contributed by atoms with van der Waals surface area (Å²) in [5, 5.41) is 0. The van der Waals surface area contributed by atoms with Crippen LogP contribution in [-0.2, 0) is 20.0 Å². The summed E-state index contributed by atoms with van der Waals surface area (Å²) in [6, 6.07) is 6.67. The summed E-state index contributed by atoms with van der Waals surface area (Å²) >= 11 is 4.31. The van der Waals surface area contributed by atoms with E-state index in [1.165, 1.54) is 6.07 Å². The topological polar surface area (TPSA) is 40.1 Å². The van der Waals surface area contributed by atoms with Crippen LogP contribution in [0.25, 0.3) is 0 Å². The number of hydrogen-bond acceptors (Lipinski definition) is 3. The van der Waals surface area contributed by atoms with E-state index in [-0.39, 0.29) is 56.3 Å². The molecule has 0 aliphatic heterocycles. The Bertz CT molecular complexity index is 359. The second-order valence-corrected chi connectivity index (χ2v) is 4.88. The van der Waals surface area contributed by atoms with Crippen LogP contribution in [0.2, 0.25) is 0 Å². The minimum atomic E-state index is -3.45. The van der Waals surface area contributed by atoms with Crippen molar-refractivity contribution in [2.45, 2.75) is 11.8 Å². The summed E-state index contributed by atoms with van der Waals surface area (Å²) in [6.45, 7) is 1.72. The van der Waals surface area contributed by atoms with E-state index in [0.717, 1.165) is 0 Å². The van der Waals surface area contributed by atoms with Gasteiger partial charge < -0.3 is 4.55 Å². The van der Waals surface area contributed by atoms with Crippen LogP contribution in [0.4, 0.5) is 0 Å². The predicted molar refractivity (Wildman–Crippen MR) is 45.7 cm³/mol. The average Bonchev–Trinajstić information content (AvgIpc) is 1.86. The van der Waals surface area contributed by atoms with Crippen molar-refractivity contribution in [2.24, 2.45) is 0 Å². The first-order valence-electron chi connectivity index (χ1n) is 3.03. The molecule has 0 bridgehead atoms. The number of benzene rings is 1. The van der Waals surface area contributed by atoms with Crippen LogP contribution in [0, 0.1) is 6.92 Å². The molecule has 1 atom stereocenters. The molecule has 1 aromatic rings. The number of aryl methyl sites for hydroxylation is 1. The van der Waals surface area contributed by atoms with E-state index in [2.05, 4.69) is 11.2 Å². The molecule has 0 saturated heterocycles. The van der Waals surface area contributed by atoms with Gasteiger partial charge in [0.25, 0.3) is 0 Å². The van der Waals surface area contributed by atoms with Crippen LogP contribution in [0.5, 0.6) is 0 Å². The molecule has 0 aromatic heterocycles. The zero-order chi connectivity index (χ0) is 8.48. The maximum Gasteiger partial charge on any atom is 1.00 e. The van der Waals surface area contributed by atoms with Crippen molar-refractivity contribution in [1.82, 2.24) is 0 Å². The predicted octanol–water partition coefficient (Wildman–Crippen LogP) is -1.77. The summed E-state index contributed by atoms with van der Waals surface area (Å²) in [6.07, 6.45) is 0. The van der Waals surface area contributed by atoms with Gasteiger partial charge in [0, 0.05) is 4.90 Å². The Morgan fingerprint density at radius 3 is 2.25 bits per heavy atom. The number of rotatable bonds is 1. The Labute approximate surface area is 120 Å². The molecule has 12 heavy (non-hydrogen) atoms. The molecule has 1 unspecified atom stereocenters. The van der Waals surface area contributed by atoms with Crippen LogP contribution in [0.15, 0.2) is 29.2 Å². The van der Waals surface area contributed by atoms with Gasteiger partial charge in [0.2, 0.25) is 0 Å². The smallest absolute Gasteiger partial charge is 0.766 e. The molecule has 0 N–H and O–H groups in total. The van der Waals surface area contributed by atoms with E-state index in [1.807, 2.05) is 0 Å². The molecule has 0 aliphatic rings. The molecule has 0 fully saturated rings. The summed E-state index contributed by atoms with van der Waals surface area (Å²) < 4.78 is 21.7. The molecule has 5 heteroatoms. The Morgan fingerprint density at radius 2 is 1.92 bits per heavy atom. The van der Waals surface area contributed by atoms with Crippen LogP contribution in [0.1, 0.15) is 5.56 Å². The van der Waals surface area contributed by atoms with Gasteiger partial charge in [-0.15, -0.1) is 0 Å². The third kappa shape index (κ3) is 3.51. The van der Waals surface area contributed by atoms with Crippen molar-refractivity contribution in [3.05, 3.63) is 29.8 Å². The van der Waals surface area contributed by atoms with Crippen molar-refractivity contribution in [1.29, 1.82) is 0 Å². The summed E-state index contributed by atoms with van der Waals surface area (Å²) in [4.78, 5) is 0.231. The molecule has 0 saturated carbocycles. The fourth-order valence-corrected chi connectivity index (χ4v) is 2.11. The zero-order valence-corrected chi connectivity index (χ0v) is 11.7. The Balaban J connectivity index is 0.00000121. The quantitative estimate of drug-likeness (QED) is 0.532. The summed E-state index contributed by atoms with van der Waals surface area (Å²) in [7, 11) is -3.45. The Morgan fingerprint density at radius 1 is 1.42 bits per heavy atom. The average molecular weight is 226 g/mol. The SMILES string of the molecule is Cc1ccccc1S(=O)([O-])=S.[K+].